The van der Waals surface area contributed by atoms with E-state index >= 15 is 0 Å². The molecule has 2 heterocycles. The summed E-state index contributed by atoms with van der Waals surface area (Å²) in [5.41, 5.74) is 7.07. The molecule has 7 heteroatoms. The maximum Gasteiger partial charge on any atom is 0.262 e. The molecule has 0 bridgehead atoms. The van der Waals surface area contributed by atoms with Gasteiger partial charge >= 0.3 is 0 Å². The minimum atomic E-state index is -1.09. The summed E-state index contributed by atoms with van der Waals surface area (Å²) in [6, 6.07) is 9.96. The van der Waals surface area contributed by atoms with Crippen molar-refractivity contribution in [2.75, 3.05) is 7.05 Å². The molecular formula is C22H21ClFN3O2. The lowest BCUT2D eigenvalue weighted by molar-refractivity contribution is -0.136. The van der Waals surface area contributed by atoms with Gasteiger partial charge in [-0.25, -0.2) is 9.38 Å². The number of carbonyl (C=O) groups excluding carboxylic acids is 1. The zero-order valence-corrected chi connectivity index (χ0v) is 16.7. The second-order valence-electron chi connectivity index (χ2n) is 8.02. The van der Waals surface area contributed by atoms with Crippen molar-refractivity contribution in [2.24, 2.45) is 16.6 Å². The Morgan fingerprint density at radius 3 is 2.72 bits per heavy atom. The molecule has 3 atom stereocenters. The number of benzene rings is 2. The summed E-state index contributed by atoms with van der Waals surface area (Å²) in [7, 11) is 1.65. The Kier molecular flexibility index (Phi) is 4.10. The van der Waals surface area contributed by atoms with Crippen LogP contribution in [0.4, 0.5) is 4.39 Å². The molecule has 0 saturated heterocycles. The molecule has 1 saturated carbocycles. The van der Waals surface area contributed by atoms with Crippen LogP contribution in [0.5, 0.6) is 5.75 Å². The monoisotopic (exact) mass is 413 g/mol. The van der Waals surface area contributed by atoms with Crippen LogP contribution >= 0.6 is 11.6 Å². The number of hydrogen-bond acceptors (Lipinski definition) is 4. The van der Waals surface area contributed by atoms with Crippen molar-refractivity contribution < 1.29 is 13.9 Å². The maximum atomic E-state index is 13.9. The number of halogens is 2. The minimum Gasteiger partial charge on any atom is -0.490 e. The van der Waals surface area contributed by atoms with E-state index in [1.165, 1.54) is 17.0 Å². The number of likely N-dealkylation sites (N-methyl/N-ethyl adjacent to an activating group) is 1. The molecule has 2 aromatic carbocycles. The second kappa shape index (κ2) is 6.46. The summed E-state index contributed by atoms with van der Waals surface area (Å²) < 4.78 is 20.2. The number of nitrogens with two attached hydrogens (primary N) is 1. The van der Waals surface area contributed by atoms with Gasteiger partial charge in [0, 0.05) is 23.6 Å². The number of rotatable bonds is 1. The molecule has 3 aliphatic rings. The standard InChI is InChI=1S/C22H21ClFN3O2/c1-27-20(28)22(26-21(27)25)16-4-2-3-5-18(16)29-19-7-6-12(10-17(19)22)13-8-14(23)11-15(24)9-13/h6-11,16,18H,2-5H2,1H3,(H2,25,26)/t16-,18-,22?/m0/s1. The summed E-state index contributed by atoms with van der Waals surface area (Å²) in [5, 5.41) is 0.315. The Morgan fingerprint density at radius 1 is 1.21 bits per heavy atom. The van der Waals surface area contributed by atoms with Crippen LogP contribution < -0.4 is 10.5 Å². The minimum absolute atomic E-state index is 0.0716. The van der Waals surface area contributed by atoms with Gasteiger partial charge in [0.1, 0.15) is 17.7 Å². The molecule has 2 aromatic rings. The first-order valence-corrected chi connectivity index (χ1v) is 10.2. The Hall–Kier alpha value is -2.60. The molecule has 0 aromatic heterocycles. The van der Waals surface area contributed by atoms with Crippen LogP contribution in [-0.4, -0.2) is 29.9 Å². The molecule has 1 amide bonds. The molecule has 1 unspecified atom stereocenters. The lowest BCUT2D eigenvalue weighted by Crippen LogP contribution is -2.53. The molecule has 1 spiro atoms. The highest BCUT2D eigenvalue weighted by Gasteiger charge is 2.60. The van der Waals surface area contributed by atoms with Gasteiger partial charge in [-0.05, 0) is 60.7 Å². The predicted octanol–water partition coefficient (Wildman–Crippen LogP) is 4.08. The second-order valence-corrected chi connectivity index (χ2v) is 8.45. The van der Waals surface area contributed by atoms with E-state index in [0.717, 1.165) is 31.2 Å². The third kappa shape index (κ3) is 2.65. The quantitative estimate of drug-likeness (QED) is 0.765. The van der Waals surface area contributed by atoms with Crippen LogP contribution in [0.25, 0.3) is 11.1 Å². The Morgan fingerprint density at radius 2 is 2.00 bits per heavy atom. The molecule has 2 aliphatic heterocycles. The van der Waals surface area contributed by atoms with Gasteiger partial charge in [-0.1, -0.05) is 24.1 Å². The van der Waals surface area contributed by atoms with Crippen LogP contribution in [0.1, 0.15) is 31.2 Å². The molecule has 1 aliphatic carbocycles. The van der Waals surface area contributed by atoms with Crippen LogP contribution in [0, 0.1) is 11.7 Å². The van der Waals surface area contributed by atoms with Crippen LogP contribution in [0.3, 0.4) is 0 Å². The number of ether oxygens (including phenoxy) is 1. The van der Waals surface area contributed by atoms with E-state index in [1.54, 1.807) is 13.1 Å². The van der Waals surface area contributed by atoms with E-state index in [4.69, 9.17) is 27.1 Å². The molecule has 2 N–H and O–H groups in total. The summed E-state index contributed by atoms with van der Waals surface area (Å²) in [5.74, 6) is 0.227. The first kappa shape index (κ1) is 18.4. The third-order valence-corrected chi connectivity index (χ3v) is 6.59. The Labute approximate surface area is 173 Å². The van der Waals surface area contributed by atoms with Crippen molar-refractivity contribution in [3.05, 3.63) is 52.8 Å². The third-order valence-electron chi connectivity index (χ3n) is 6.37. The van der Waals surface area contributed by atoms with Gasteiger partial charge in [0.2, 0.25) is 0 Å². The number of guanidine groups is 1. The molecule has 1 fully saturated rings. The number of carbonyl (C=O) groups is 1. The number of amides is 1. The summed E-state index contributed by atoms with van der Waals surface area (Å²) >= 11 is 6.05. The fraction of sp³-hybridized carbons (Fsp3) is 0.364. The van der Waals surface area contributed by atoms with Gasteiger partial charge in [0.25, 0.3) is 5.91 Å². The number of fused-ring (bicyclic) bond motifs is 4. The van der Waals surface area contributed by atoms with Gasteiger partial charge in [-0.15, -0.1) is 0 Å². The van der Waals surface area contributed by atoms with E-state index in [0.29, 0.717) is 21.9 Å². The van der Waals surface area contributed by atoms with E-state index in [1.807, 2.05) is 18.2 Å². The van der Waals surface area contributed by atoms with Crippen molar-refractivity contribution >= 4 is 23.5 Å². The summed E-state index contributed by atoms with van der Waals surface area (Å²) in [6.07, 6.45) is 3.75. The van der Waals surface area contributed by atoms with E-state index in [-0.39, 0.29) is 23.9 Å². The van der Waals surface area contributed by atoms with Gasteiger partial charge in [-0.3, -0.25) is 9.69 Å². The molecule has 150 valence electrons. The van der Waals surface area contributed by atoms with Gasteiger partial charge in [0.15, 0.2) is 11.5 Å². The fourth-order valence-electron chi connectivity index (χ4n) is 4.99. The zero-order chi connectivity index (χ0) is 20.3. The molecule has 29 heavy (non-hydrogen) atoms. The Balaban J connectivity index is 1.73. The molecule has 5 nitrogen and oxygen atoms in total. The maximum absolute atomic E-state index is 13.9. The van der Waals surface area contributed by atoms with Crippen molar-refractivity contribution in [2.45, 2.75) is 37.3 Å². The summed E-state index contributed by atoms with van der Waals surface area (Å²) in [4.78, 5) is 19.6. The van der Waals surface area contributed by atoms with Crippen molar-refractivity contribution in [3.8, 4) is 16.9 Å². The van der Waals surface area contributed by atoms with Gasteiger partial charge in [0.05, 0.1) is 0 Å². The normalized spacial score (nSPS) is 28.0. The Bertz CT molecular complexity index is 1040. The molecule has 0 radical (unpaired) electrons. The van der Waals surface area contributed by atoms with E-state index in [9.17, 15) is 9.18 Å². The van der Waals surface area contributed by atoms with E-state index < -0.39 is 11.4 Å². The smallest absolute Gasteiger partial charge is 0.262 e. The number of hydrogen-bond donors (Lipinski definition) is 1. The van der Waals surface area contributed by atoms with Crippen molar-refractivity contribution in [3.63, 3.8) is 0 Å². The van der Waals surface area contributed by atoms with Gasteiger partial charge < -0.3 is 10.5 Å². The average molecular weight is 414 g/mol. The van der Waals surface area contributed by atoms with Crippen LogP contribution in [-0.2, 0) is 10.3 Å². The average Bonchev–Trinajstić information content (AvgIpc) is 2.92. The van der Waals surface area contributed by atoms with Crippen molar-refractivity contribution in [1.29, 1.82) is 0 Å². The first-order valence-electron chi connectivity index (χ1n) is 9.81. The van der Waals surface area contributed by atoms with Crippen molar-refractivity contribution in [1.82, 2.24) is 4.90 Å². The molecule has 5 rings (SSSR count). The zero-order valence-electron chi connectivity index (χ0n) is 16.0. The van der Waals surface area contributed by atoms with Gasteiger partial charge in [-0.2, -0.15) is 0 Å². The molecular weight excluding hydrogens is 393 g/mol. The van der Waals surface area contributed by atoms with Crippen LogP contribution in [0.2, 0.25) is 5.02 Å². The first-order chi connectivity index (χ1) is 13.9. The highest BCUT2D eigenvalue weighted by molar-refractivity contribution is 6.30. The highest BCUT2D eigenvalue weighted by Crippen LogP contribution is 2.53. The largest absolute Gasteiger partial charge is 0.490 e. The topological polar surface area (TPSA) is 67.9 Å². The number of nitrogens with zero attached hydrogens (tertiary/aromatic N) is 2. The number of aliphatic imine (C=N–C) groups is 1. The predicted molar refractivity (Wildman–Crippen MR) is 109 cm³/mol. The van der Waals surface area contributed by atoms with E-state index in [2.05, 4.69) is 0 Å². The summed E-state index contributed by atoms with van der Waals surface area (Å²) in [6.45, 7) is 0. The fourth-order valence-corrected chi connectivity index (χ4v) is 5.21. The van der Waals surface area contributed by atoms with Crippen LogP contribution in [0.15, 0.2) is 41.4 Å². The lowest BCUT2D eigenvalue weighted by Gasteiger charge is -2.46. The highest BCUT2D eigenvalue weighted by atomic mass is 35.5. The SMILES string of the molecule is CN1C(=O)C2(N=C1N)c1cc(-c3cc(F)cc(Cl)c3)ccc1O[C@H]1CCCC[C@@H]12. The lowest BCUT2D eigenvalue weighted by atomic mass is 9.67.